The molecule has 1 unspecified atom stereocenters. The average molecular weight is 295 g/mol. The lowest BCUT2D eigenvalue weighted by molar-refractivity contribution is -0.124. The van der Waals surface area contributed by atoms with E-state index in [-0.39, 0.29) is 0 Å². The van der Waals surface area contributed by atoms with E-state index < -0.39 is 12.0 Å². The number of anilines is 1. The summed E-state index contributed by atoms with van der Waals surface area (Å²) in [6.45, 7) is 0. The lowest BCUT2D eigenvalue weighted by Gasteiger charge is -2.13. The molecule has 22 heavy (non-hydrogen) atoms. The van der Waals surface area contributed by atoms with Gasteiger partial charge in [0.2, 0.25) is 0 Å². The number of aliphatic hydroxyl groups is 1. The van der Waals surface area contributed by atoms with E-state index in [1.807, 2.05) is 6.07 Å². The Bertz CT molecular complexity index is 759. The Morgan fingerprint density at radius 2 is 2.00 bits per heavy atom. The van der Waals surface area contributed by atoms with Crippen molar-refractivity contribution >= 4 is 11.6 Å². The molecule has 0 spiro atoms. The molecule has 3 rings (SSSR count). The van der Waals surface area contributed by atoms with Crippen LogP contribution in [-0.4, -0.2) is 30.8 Å². The zero-order valence-electron chi connectivity index (χ0n) is 11.5. The number of nitrogens with zero attached hydrogens (tertiary/aromatic N) is 4. The molecule has 0 saturated heterocycles. The smallest absolute Gasteiger partial charge is 0.257 e. The molecule has 7 nitrogen and oxygen atoms in total. The first-order chi connectivity index (χ1) is 10.8. The van der Waals surface area contributed by atoms with Crippen molar-refractivity contribution in [3.05, 3.63) is 66.9 Å². The Balaban J connectivity index is 1.83. The topological polar surface area (TPSA) is 92.9 Å². The zero-order chi connectivity index (χ0) is 15.4. The Kier molecular flexibility index (Phi) is 3.88. The maximum atomic E-state index is 12.2. The number of hydrogen-bond donors (Lipinski definition) is 2. The van der Waals surface area contributed by atoms with Crippen LogP contribution in [0.5, 0.6) is 0 Å². The molecule has 7 heteroatoms. The number of nitrogens with one attached hydrogen (secondary N) is 1. The molecule has 0 bridgehead atoms. The molecule has 0 aliphatic carbocycles. The normalized spacial score (nSPS) is 11.9. The summed E-state index contributed by atoms with van der Waals surface area (Å²) in [6, 6.07) is 12.1. The molecule has 3 aromatic rings. The third-order valence-electron chi connectivity index (χ3n) is 3.04. The van der Waals surface area contributed by atoms with E-state index in [4.69, 9.17) is 0 Å². The monoisotopic (exact) mass is 295 g/mol. The quantitative estimate of drug-likeness (QED) is 0.757. The van der Waals surface area contributed by atoms with Crippen LogP contribution in [0.3, 0.4) is 0 Å². The minimum atomic E-state index is -1.26. The number of amides is 1. The SMILES string of the molecule is O=C(Nc1cccnc1-n1cncn1)C(O)c1ccccc1. The van der Waals surface area contributed by atoms with Gasteiger partial charge >= 0.3 is 0 Å². The van der Waals surface area contributed by atoms with Crippen LogP contribution in [0.2, 0.25) is 0 Å². The molecule has 1 amide bonds. The molecule has 0 aliphatic heterocycles. The van der Waals surface area contributed by atoms with Crippen LogP contribution in [0.4, 0.5) is 5.69 Å². The third-order valence-corrected chi connectivity index (χ3v) is 3.04. The van der Waals surface area contributed by atoms with E-state index in [2.05, 4.69) is 20.4 Å². The zero-order valence-corrected chi connectivity index (χ0v) is 11.5. The molecule has 0 fully saturated rings. The van der Waals surface area contributed by atoms with Gasteiger partial charge < -0.3 is 10.4 Å². The molecule has 1 aromatic carbocycles. The number of carbonyl (C=O) groups is 1. The Morgan fingerprint density at radius 3 is 2.73 bits per heavy atom. The second kappa shape index (κ2) is 6.15. The van der Waals surface area contributed by atoms with Gasteiger partial charge in [-0.25, -0.2) is 14.6 Å². The highest BCUT2D eigenvalue weighted by Crippen LogP contribution is 2.19. The summed E-state index contributed by atoms with van der Waals surface area (Å²) >= 11 is 0. The Morgan fingerprint density at radius 1 is 1.18 bits per heavy atom. The van der Waals surface area contributed by atoms with E-state index in [0.717, 1.165) is 0 Å². The van der Waals surface area contributed by atoms with Gasteiger partial charge in [0.05, 0.1) is 5.69 Å². The number of pyridine rings is 1. The van der Waals surface area contributed by atoms with Crippen molar-refractivity contribution < 1.29 is 9.90 Å². The lowest BCUT2D eigenvalue weighted by Crippen LogP contribution is -2.22. The van der Waals surface area contributed by atoms with E-state index in [9.17, 15) is 9.90 Å². The molecule has 2 N–H and O–H groups in total. The van der Waals surface area contributed by atoms with Gasteiger partial charge in [-0.05, 0) is 17.7 Å². The van der Waals surface area contributed by atoms with E-state index in [1.165, 1.54) is 17.3 Å². The van der Waals surface area contributed by atoms with Crippen molar-refractivity contribution in [2.75, 3.05) is 5.32 Å². The maximum Gasteiger partial charge on any atom is 0.257 e. The third kappa shape index (κ3) is 2.84. The van der Waals surface area contributed by atoms with Gasteiger partial charge in [0.1, 0.15) is 12.7 Å². The van der Waals surface area contributed by atoms with E-state index in [0.29, 0.717) is 17.1 Å². The van der Waals surface area contributed by atoms with Crippen molar-refractivity contribution in [3.63, 3.8) is 0 Å². The predicted octanol–water partition coefficient (Wildman–Crippen LogP) is 1.33. The first-order valence-corrected chi connectivity index (χ1v) is 6.59. The summed E-state index contributed by atoms with van der Waals surface area (Å²) in [5.41, 5.74) is 0.958. The standard InChI is InChI=1S/C15H13N5O2/c21-13(11-5-2-1-3-6-11)15(22)19-12-7-4-8-17-14(12)20-10-16-9-18-20/h1-10,13,21H,(H,19,22). The van der Waals surface area contributed by atoms with Crippen molar-refractivity contribution in [2.45, 2.75) is 6.10 Å². The number of aliphatic hydroxyl groups excluding tert-OH is 1. The highest BCUT2D eigenvalue weighted by atomic mass is 16.3. The van der Waals surface area contributed by atoms with Gasteiger partial charge in [-0.1, -0.05) is 30.3 Å². The Labute approximate surface area is 126 Å². The fraction of sp³-hybridized carbons (Fsp3) is 0.0667. The summed E-state index contributed by atoms with van der Waals surface area (Å²) in [5.74, 6) is -0.117. The van der Waals surface area contributed by atoms with Crippen LogP contribution in [-0.2, 0) is 4.79 Å². The number of rotatable bonds is 4. The fourth-order valence-electron chi connectivity index (χ4n) is 1.98. The van der Waals surface area contributed by atoms with Crippen LogP contribution < -0.4 is 5.32 Å². The van der Waals surface area contributed by atoms with Gasteiger partial charge in [0, 0.05) is 6.20 Å². The molecule has 110 valence electrons. The van der Waals surface area contributed by atoms with E-state index >= 15 is 0 Å². The van der Waals surface area contributed by atoms with Crippen LogP contribution in [0, 0.1) is 0 Å². The Hall–Kier alpha value is -3.06. The van der Waals surface area contributed by atoms with E-state index in [1.54, 1.807) is 42.6 Å². The van der Waals surface area contributed by atoms with Crippen LogP contribution in [0.25, 0.3) is 5.82 Å². The predicted molar refractivity (Wildman–Crippen MR) is 79.2 cm³/mol. The molecule has 2 aromatic heterocycles. The van der Waals surface area contributed by atoms with Crippen molar-refractivity contribution in [1.29, 1.82) is 0 Å². The molecule has 0 radical (unpaired) electrons. The van der Waals surface area contributed by atoms with Crippen LogP contribution in [0.15, 0.2) is 61.3 Å². The van der Waals surface area contributed by atoms with Gasteiger partial charge in [-0.3, -0.25) is 4.79 Å². The van der Waals surface area contributed by atoms with Crippen molar-refractivity contribution in [3.8, 4) is 5.82 Å². The molecule has 0 saturated carbocycles. The first-order valence-electron chi connectivity index (χ1n) is 6.59. The van der Waals surface area contributed by atoms with Gasteiger partial charge in [0.15, 0.2) is 11.9 Å². The van der Waals surface area contributed by atoms with Gasteiger partial charge in [0.25, 0.3) is 5.91 Å². The molecular formula is C15H13N5O2. The lowest BCUT2D eigenvalue weighted by atomic mass is 10.1. The second-order valence-electron chi connectivity index (χ2n) is 4.52. The average Bonchev–Trinajstić information content (AvgIpc) is 3.10. The minimum Gasteiger partial charge on any atom is -0.378 e. The maximum absolute atomic E-state index is 12.2. The number of aromatic nitrogens is 4. The number of carbonyl (C=O) groups excluding carboxylic acids is 1. The fourth-order valence-corrected chi connectivity index (χ4v) is 1.98. The van der Waals surface area contributed by atoms with Crippen LogP contribution in [0.1, 0.15) is 11.7 Å². The summed E-state index contributed by atoms with van der Waals surface area (Å²) < 4.78 is 1.44. The molecule has 0 aliphatic rings. The molecule has 1 atom stereocenters. The van der Waals surface area contributed by atoms with Gasteiger partial charge in [-0.15, -0.1) is 0 Å². The summed E-state index contributed by atoms with van der Waals surface area (Å²) in [6.07, 6.45) is 3.18. The second-order valence-corrected chi connectivity index (χ2v) is 4.52. The number of hydrogen-bond acceptors (Lipinski definition) is 5. The van der Waals surface area contributed by atoms with Crippen LogP contribution >= 0.6 is 0 Å². The minimum absolute atomic E-state index is 0.425. The first kappa shape index (κ1) is 13.9. The highest BCUT2D eigenvalue weighted by Gasteiger charge is 2.19. The van der Waals surface area contributed by atoms with Crippen molar-refractivity contribution in [1.82, 2.24) is 19.7 Å². The largest absolute Gasteiger partial charge is 0.378 e. The van der Waals surface area contributed by atoms with Gasteiger partial charge in [-0.2, -0.15) is 5.10 Å². The molecule has 2 heterocycles. The number of benzene rings is 1. The van der Waals surface area contributed by atoms with Crippen molar-refractivity contribution in [2.24, 2.45) is 0 Å². The summed E-state index contributed by atoms with van der Waals surface area (Å²) in [4.78, 5) is 20.2. The summed E-state index contributed by atoms with van der Waals surface area (Å²) in [5, 5.41) is 16.7. The summed E-state index contributed by atoms with van der Waals surface area (Å²) in [7, 11) is 0. The highest BCUT2D eigenvalue weighted by molar-refractivity contribution is 5.95. The molecular weight excluding hydrogens is 282 g/mol.